The van der Waals surface area contributed by atoms with E-state index < -0.39 is 6.04 Å². The topological polar surface area (TPSA) is 64.3 Å². The minimum atomic E-state index is -0.425. The molecule has 86 valence electrons. The SMILES string of the molecule is NC1CCCCOc2ccccc2NC1=O. The van der Waals surface area contributed by atoms with E-state index in [0.29, 0.717) is 24.5 Å². The lowest BCUT2D eigenvalue weighted by Gasteiger charge is -2.17. The number of carbonyl (C=O) groups is 1. The van der Waals surface area contributed by atoms with E-state index in [1.807, 2.05) is 24.3 Å². The fraction of sp³-hybridized carbons (Fsp3) is 0.417. The van der Waals surface area contributed by atoms with Gasteiger partial charge in [-0.2, -0.15) is 0 Å². The fourth-order valence-electron chi connectivity index (χ4n) is 1.70. The summed E-state index contributed by atoms with van der Waals surface area (Å²) in [5.74, 6) is 0.572. The molecule has 0 saturated heterocycles. The average Bonchev–Trinajstić information content (AvgIpc) is 2.30. The highest BCUT2D eigenvalue weighted by molar-refractivity contribution is 5.95. The Labute approximate surface area is 94.8 Å². The number of nitrogens with two attached hydrogens (primary N) is 1. The van der Waals surface area contributed by atoms with Crippen LogP contribution in [0.4, 0.5) is 5.69 Å². The largest absolute Gasteiger partial charge is 0.491 e. The highest BCUT2D eigenvalue weighted by Gasteiger charge is 2.16. The lowest BCUT2D eigenvalue weighted by atomic mass is 10.1. The monoisotopic (exact) mass is 220 g/mol. The van der Waals surface area contributed by atoms with Crippen molar-refractivity contribution in [1.82, 2.24) is 0 Å². The van der Waals surface area contributed by atoms with Gasteiger partial charge in [0.05, 0.1) is 18.3 Å². The van der Waals surface area contributed by atoms with Gasteiger partial charge in [0.1, 0.15) is 5.75 Å². The van der Waals surface area contributed by atoms with Crippen LogP contribution in [-0.4, -0.2) is 18.6 Å². The molecule has 1 aromatic rings. The van der Waals surface area contributed by atoms with Crippen LogP contribution in [0.15, 0.2) is 24.3 Å². The number of rotatable bonds is 0. The molecule has 1 heterocycles. The molecule has 1 amide bonds. The first kappa shape index (κ1) is 11.0. The maximum absolute atomic E-state index is 11.7. The highest BCUT2D eigenvalue weighted by Crippen LogP contribution is 2.25. The molecule has 1 aromatic carbocycles. The third-order valence-corrected chi connectivity index (χ3v) is 2.65. The molecule has 1 aliphatic rings. The second kappa shape index (κ2) is 4.99. The first-order valence-electron chi connectivity index (χ1n) is 5.55. The molecule has 0 bridgehead atoms. The lowest BCUT2D eigenvalue weighted by Crippen LogP contribution is -2.36. The minimum Gasteiger partial charge on any atom is -0.491 e. The maximum atomic E-state index is 11.7. The number of amides is 1. The third kappa shape index (κ3) is 2.52. The molecule has 0 radical (unpaired) electrons. The lowest BCUT2D eigenvalue weighted by molar-refractivity contribution is -0.117. The number of hydrogen-bond donors (Lipinski definition) is 2. The minimum absolute atomic E-state index is 0.141. The summed E-state index contributed by atoms with van der Waals surface area (Å²) in [5, 5.41) is 2.79. The molecule has 4 nitrogen and oxygen atoms in total. The molecule has 16 heavy (non-hydrogen) atoms. The second-order valence-electron chi connectivity index (χ2n) is 3.94. The first-order chi connectivity index (χ1) is 7.77. The number of ether oxygens (including phenoxy) is 1. The van der Waals surface area contributed by atoms with Crippen LogP contribution in [0, 0.1) is 0 Å². The van der Waals surface area contributed by atoms with Crippen molar-refractivity contribution in [3.8, 4) is 5.75 Å². The van der Waals surface area contributed by atoms with Gasteiger partial charge in [-0.15, -0.1) is 0 Å². The van der Waals surface area contributed by atoms with E-state index >= 15 is 0 Å². The number of benzene rings is 1. The van der Waals surface area contributed by atoms with Crippen molar-refractivity contribution in [3.05, 3.63) is 24.3 Å². The summed E-state index contributed by atoms with van der Waals surface area (Å²) in [4.78, 5) is 11.7. The van der Waals surface area contributed by atoms with E-state index in [1.165, 1.54) is 0 Å². The van der Waals surface area contributed by atoms with Gasteiger partial charge in [0.25, 0.3) is 0 Å². The van der Waals surface area contributed by atoms with Crippen molar-refractivity contribution >= 4 is 11.6 Å². The standard InChI is InChI=1S/C12H16N2O2/c13-9-5-3-4-8-16-11-7-2-1-6-10(11)14-12(9)15/h1-2,6-7,9H,3-5,8,13H2,(H,14,15). The zero-order chi connectivity index (χ0) is 11.4. The Bertz CT molecular complexity index is 379. The van der Waals surface area contributed by atoms with Crippen molar-refractivity contribution in [1.29, 1.82) is 0 Å². The van der Waals surface area contributed by atoms with Gasteiger partial charge >= 0.3 is 0 Å². The van der Waals surface area contributed by atoms with Gasteiger partial charge in [-0.05, 0) is 31.4 Å². The molecule has 1 unspecified atom stereocenters. The highest BCUT2D eigenvalue weighted by atomic mass is 16.5. The zero-order valence-electron chi connectivity index (χ0n) is 9.11. The Morgan fingerprint density at radius 1 is 1.31 bits per heavy atom. The van der Waals surface area contributed by atoms with Crippen LogP contribution < -0.4 is 15.8 Å². The predicted molar refractivity (Wildman–Crippen MR) is 62.4 cm³/mol. The Morgan fingerprint density at radius 3 is 3.00 bits per heavy atom. The first-order valence-corrected chi connectivity index (χ1v) is 5.55. The van der Waals surface area contributed by atoms with Crippen LogP contribution in [-0.2, 0) is 4.79 Å². The number of anilines is 1. The zero-order valence-corrected chi connectivity index (χ0v) is 9.11. The summed E-state index contributed by atoms with van der Waals surface area (Å²) in [6.45, 7) is 0.666. The van der Waals surface area contributed by atoms with Gasteiger partial charge in [-0.3, -0.25) is 4.79 Å². The van der Waals surface area contributed by atoms with Crippen molar-refractivity contribution in [3.63, 3.8) is 0 Å². The van der Waals surface area contributed by atoms with Crippen LogP contribution in [0.1, 0.15) is 19.3 Å². The van der Waals surface area contributed by atoms with Gasteiger partial charge < -0.3 is 15.8 Å². The van der Waals surface area contributed by atoms with E-state index in [-0.39, 0.29) is 5.91 Å². The molecule has 0 spiro atoms. The molecule has 1 atom stereocenters. The number of nitrogens with one attached hydrogen (secondary N) is 1. The molecule has 0 fully saturated rings. The number of carbonyl (C=O) groups excluding carboxylic acids is 1. The van der Waals surface area contributed by atoms with Crippen LogP contribution in [0.25, 0.3) is 0 Å². The molecular weight excluding hydrogens is 204 g/mol. The van der Waals surface area contributed by atoms with E-state index in [2.05, 4.69) is 5.32 Å². The molecule has 0 aromatic heterocycles. The van der Waals surface area contributed by atoms with Crippen molar-refractivity contribution in [2.45, 2.75) is 25.3 Å². The van der Waals surface area contributed by atoms with Gasteiger partial charge in [-0.25, -0.2) is 0 Å². The summed E-state index contributed by atoms with van der Waals surface area (Å²) in [6, 6.07) is 6.99. The van der Waals surface area contributed by atoms with Gasteiger partial charge in [-0.1, -0.05) is 12.1 Å². The van der Waals surface area contributed by atoms with E-state index in [4.69, 9.17) is 10.5 Å². The molecule has 0 saturated carbocycles. The van der Waals surface area contributed by atoms with Gasteiger partial charge in [0.2, 0.25) is 5.91 Å². The van der Waals surface area contributed by atoms with Crippen LogP contribution in [0.5, 0.6) is 5.75 Å². The number of fused-ring (bicyclic) bond motifs is 1. The Kier molecular flexibility index (Phi) is 3.41. The normalized spacial score (nSPS) is 21.6. The van der Waals surface area contributed by atoms with Crippen molar-refractivity contribution in [2.75, 3.05) is 11.9 Å². The quantitative estimate of drug-likeness (QED) is 0.696. The van der Waals surface area contributed by atoms with Crippen molar-refractivity contribution in [2.24, 2.45) is 5.73 Å². The molecule has 4 heteroatoms. The Morgan fingerprint density at radius 2 is 2.12 bits per heavy atom. The second-order valence-corrected chi connectivity index (χ2v) is 3.94. The van der Waals surface area contributed by atoms with E-state index in [1.54, 1.807) is 0 Å². The predicted octanol–water partition coefficient (Wildman–Crippen LogP) is 1.52. The van der Waals surface area contributed by atoms with E-state index in [0.717, 1.165) is 12.8 Å². The molecule has 3 N–H and O–H groups in total. The van der Waals surface area contributed by atoms with Crippen LogP contribution in [0.3, 0.4) is 0 Å². The third-order valence-electron chi connectivity index (χ3n) is 2.65. The number of hydrogen-bond acceptors (Lipinski definition) is 3. The van der Waals surface area contributed by atoms with E-state index in [9.17, 15) is 4.79 Å². The summed E-state index contributed by atoms with van der Waals surface area (Å²) < 4.78 is 5.59. The average molecular weight is 220 g/mol. The smallest absolute Gasteiger partial charge is 0.241 e. The molecular formula is C12H16N2O2. The molecule has 1 aliphatic heterocycles. The van der Waals surface area contributed by atoms with Crippen LogP contribution in [0.2, 0.25) is 0 Å². The van der Waals surface area contributed by atoms with Crippen molar-refractivity contribution < 1.29 is 9.53 Å². The molecule has 2 rings (SSSR count). The van der Waals surface area contributed by atoms with Crippen LogP contribution >= 0.6 is 0 Å². The summed E-state index contributed by atoms with van der Waals surface area (Å²) in [6.07, 6.45) is 2.55. The Balaban J connectivity index is 2.22. The molecule has 0 aliphatic carbocycles. The Hall–Kier alpha value is -1.55. The summed E-state index contributed by atoms with van der Waals surface area (Å²) >= 11 is 0. The summed E-state index contributed by atoms with van der Waals surface area (Å²) in [7, 11) is 0. The maximum Gasteiger partial charge on any atom is 0.241 e. The fourth-order valence-corrected chi connectivity index (χ4v) is 1.70. The van der Waals surface area contributed by atoms with Gasteiger partial charge in [0.15, 0.2) is 0 Å². The summed E-state index contributed by atoms with van der Waals surface area (Å²) in [5.41, 5.74) is 6.47. The van der Waals surface area contributed by atoms with Gasteiger partial charge in [0, 0.05) is 0 Å². The number of para-hydroxylation sites is 2.